The van der Waals surface area contributed by atoms with Crippen molar-refractivity contribution >= 4 is 5.97 Å². The summed E-state index contributed by atoms with van der Waals surface area (Å²) in [5, 5.41) is 31.1. The van der Waals surface area contributed by atoms with Gasteiger partial charge < -0.3 is 15.3 Å². The molecule has 186 valence electrons. The van der Waals surface area contributed by atoms with Gasteiger partial charge >= 0.3 is 5.97 Å². The Hall–Kier alpha value is -0.870. The van der Waals surface area contributed by atoms with Gasteiger partial charge in [0.1, 0.15) is 0 Å². The average Bonchev–Trinajstić information content (AvgIpc) is 3.18. The molecule has 0 spiro atoms. The molecule has 5 saturated carbocycles. The van der Waals surface area contributed by atoms with Crippen molar-refractivity contribution < 1.29 is 20.1 Å². The zero-order valence-corrected chi connectivity index (χ0v) is 21.3. The van der Waals surface area contributed by atoms with Crippen LogP contribution in [0.3, 0.4) is 0 Å². The molecule has 5 aliphatic rings. The number of aliphatic carboxylic acids is 1. The number of carbonyl (C=O) groups is 1. The second kappa shape index (κ2) is 7.56. The summed E-state index contributed by atoms with van der Waals surface area (Å²) in [6, 6.07) is 0. The Morgan fingerprint density at radius 3 is 2.30 bits per heavy atom. The third-order valence-electron chi connectivity index (χ3n) is 13.1. The third-order valence-corrected chi connectivity index (χ3v) is 13.1. The van der Waals surface area contributed by atoms with Crippen LogP contribution in [0.1, 0.15) is 91.9 Å². The standard InChI is InChI=1S/C29H46O4/c1-17(16-30)19-8-13-29(25(32)33)15-14-27(4)21(24(19)29)6-7-23-26(3)11-10-22(31)18(2)20(26)9-12-28(23,27)5/h18-24,30-31H,1,6-16H2,2-5H3,(H,32,33)/t18-,19+,20?,21?,22+,23?,24?,26+,27-,28-,29+/m1/s1. The van der Waals surface area contributed by atoms with Crippen molar-refractivity contribution in [2.24, 2.45) is 57.2 Å². The first-order valence-corrected chi connectivity index (χ1v) is 13.7. The second-order valence-electron chi connectivity index (χ2n) is 13.6. The van der Waals surface area contributed by atoms with Crippen LogP contribution in [0.5, 0.6) is 0 Å². The molecule has 0 aromatic rings. The van der Waals surface area contributed by atoms with Crippen molar-refractivity contribution in [3.8, 4) is 0 Å². The number of carboxylic acid groups (broad SMARTS) is 1. The molecule has 0 aromatic heterocycles. The molecule has 0 aliphatic heterocycles. The van der Waals surface area contributed by atoms with Crippen molar-refractivity contribution in [1.29, 1.82) is 0 Å². The van der Waals surface area contributed by atoms with Crippen LogP contribution in [0.25, 0.3) is 0 Å². The van der Waals surface area contributed by atoms with Gasteiger partial charge in [0.25, 0.3) is 0 Å². The summed E-state index contributed by atoms with van der Waals surface area (Å²) in [6.07, 6.45) is 9.91. The largest absolute Gasteiger partial charge is 0.481 e. The van der Waals surface area contributed by atoms with Crippen LogP contribution in [-0.4, -0.2) is 34.0 Å². The highest BCUT2D eigenvalue weighted by Gasteiger charge is 2.71. The molecule has 5 fully saturated rings. The Labute approximate surface area is 200 Å². The number of fused-ring (bicyclic) bond motifs is 7. The smallest absolute Gasteiger partial charge is 0.309 e. The molecule has 0 radical (unpaired) electrons. The Kier molecular flexibility index (Phi) is 5.47. The molecule has 3 N–H and O–H groups in total. The molecular weight excluding hydrogens is 412 g/mol. The van der Waals surface area contributed by atoms with Crippen LogP contribution >= 0.6 is 0 Å². The molecule has 4 unspecified atom stereocenters. The first kappa shape index (κ1) is 23.9. The fourth-order valence-electron chi connectivity index (χ4n) is 11.1. The van der Waals surface area contributed by atoms with Gasteiger partial charge in [0.2, 0.25) is 0 Å². The van der Waals surface area contributed by atoms with Crippen molar-refractivity contribution in [2.45, 2.75) is 98.0 Å². The van der Waals surface area contributed by atoms with Crippen LogP contribution in [0.15, 0.2) is 12.2 Å². The predicted molar refractivity (Wildman–Crippen MR) is 129 cm³/mol. The monoisotopic (exact) mass is 458 g/mol. The predicted octanol–water partition coefficient (Wildman–Crippen LogP) is 5.67. The van der Waals surface area contributed by atoms with E-state index >= 15 is 0 Å². The van der Waals surface area contributed by atoms with E-state index in [0.717, 1.165) is 50.5 Å². The van der Waals surface area contributed by atoms with E-state index < -0.39 is 11.4 Å². The Bertz CT molecular complexity index is 837. The zero-order chi connectivity index (χ0) is 24.0. The van der Waals surface area contributed by atoms with E-state index in [1.54, 1.807) is 0 Å². The first-order chi connectivity index (χ1) is 15.5. The van der Waals surface area contributed by atoms with Gasteiger partial charge in [-0.3, -0.25) is 4.79 Å². The van der Waals surface area contributed by atoms with Gasteiger partial charge in [0.05, 0.1) is 18.1 Å². The highest BCUT2D eigenvalue weighted by Crippen LogP contribution is 2.76. The van der Waals surface area contributed by atoms with Crippen LogP contribution in [-0.2, 0) is 4.79 Å². The maximum Gasteiger partial charge on any atom is 0.309 e. The normalized spacial score (nSPS) is 55.6. The summed E-state index contributed by atoms with van der Waals surface area (Å²) in [6.45, 7) is 14.1. The van der Waals surface area contributed by atoms with Crippen molar-refractivity contribution in [3.63, 3.8) is 0 Å². The van der Waals surface area contributed by atoms with Gasteiger partial charge in [0, 0.05) is 0 Å². The van der Waals surface area contributed by atoms with Crippen molar-refractivity contribution in [1.82, 2.24) is 0 Å². The Balaban J connectivity index is 1.55. The lowest BCUT2D eigenvalue weighted by Crippen LogP contribution is -2.66. The van der Waals surface area contributed by atoms with E-state index in [1.165, 1.54) is 19.3 Å². The second-order valence-corrected chi connectivity index (χ2v) is 13.6. The number of hydrogen-bond donors (Lipinski definition) is 3. The number of hydrogen-bond acceptors (Lipinski definition) is 3. The molecule has 0 aromatic carbocycles. The SMILES string of the molecule is C=C(CO)[C@@H]1CC[C@]2(C(=O)O)CC[C@]3(C)C(CCC4[C@@]5(C)CC[C@H](O)[C@H](C)C5CC[C@]43C)C12. The molecule has 33 heavy (non-hydrogen) atoms. The highest BCUT2D eigenvalue weighted by molar-refractivity contribution is 5.76. The van der Waals surface area contributed by atoms with Crippen LogP contribution in [0.2, 0.25) is 0 Å². The molecule has 4 nitrogen and oxygen atoms in total. The quantitative estimate of drug-likeness (QED) is 0.476. The third kappa shape index (κ3) is 2.86. The van der Waals surface area contributed by atoms with E-state index in [2.05, 4.69) is 34.3 Å². The minimum atomic E-state index is -0.638. The fraction of sp³-hybridized carbons (Fsp3) is 0.897. The number of aliphatic hydroxyl groups is 2. The van der Waals surface area contributed by atoms with Gasteiger partial charge in [-0.15, -0.1) is 0 Å². The van der Waals surface area contributed by atoms with E-state index in [1.807, 2.05) is 0 Å². The molecule has 0 bridgehead atoms. The summed E-state index contributed by atoms with van der Waals surface area (Å²) in [7, 11) is 0. The van der Waals surface area contributed by atoms with Gasteiger partial charge in [-0.05, 0) is 122 Å². The average molecular weight is 459 g/mol. The lowest BCUT2D eigenvalue weighted by atomic mass is 9.33. The topological polar surface area (TPSA) is 77.8 Å². The van der Waals surface area contributed by atoms with Gasteiger partial charge in [-0.1, -0.05) is 34.3 Å². The van der Waals surface area contributed by atoms with Crippen LogP contribution in [0, 0.1) is 57.2 Å². The first-order valence-electron chi connectivity index (χ1n) is 13.7. The molecule has 0 amide bonds. The molecular formula is C29H46O4. The summed E-state index contributed by atoms with van der Waals surface area (Å²) in [5.74, 6) is 1.60. The highest BCUT2D eigenvalue weighted by atomic mass is 16.4. The van der Waals surface area contributed by atoms with Crippen molar-refractivity contribution in [3.05, 3.63) is 12.2 Å². The molecule has 11 atom stereocenters. The van der Waals surface area contributed by atoms with E-state index in [9.17, 15) is 20.1 Å². The van der Waals surface area contributed by atoms with Gasteiger partial charge in [0.15, 0.2) is 0 Å². The number of carboxylic acids is 1. The summed E-state index contributed by atoms with van der Waals surface area (Å²) >= 11 is 0. The van der Waals surface area contributed by atoms with E-state index in [-0.39, 0.29) is 40.8 Å². The summed E-state index contributed by atoms with van der Waals surface area (Å²) in [4.78, 5) is 12.7. The molecule has 5 aliphatic carbocycles. The fourth-order valence-corrected chi connectivity index (χ4v) is 11.1. The number of rotatable bonds is 3. The van der Waals surface area contributed by atoms with Crippen LogP contribution < -0.4 is 0 Å². The minimum absolute atomic E-state index is 0.0276. The van der Waals surface area contributed by atoms with E-state index in [0.29, 0.717) is 23.7 Å². The molecule has 0 heterocycles. The number of aliphatic hydroxyl groups excluding tert-OH is 2. The lowest BCUT2D eigenvalue weighted by molar-refractivity contribution is -0.236. The maximum atomic E-state index is 12.7. The lowest BCUT2D eigenvalue weighted by Gasteiger charge is -2.71. The minimum Gasteiger partial charge on any atom is -0.481 e. The molecule has 0 saturated heterocycles. The van der Waals surface area contributed by atoms with Gasteiger partial charge in [-0.25, -0.2) is 0 Å². The van der Waals surface area contributed by atoms with Crippen molar-refractivity contribution in [2.75, 3.05) is 6.61 Å². The molecule has 4 heteroatoms. The Morgan fingerprint density at radius 1 is 0.909 bits per heavy atom. The summed E-state index contributed by atoms with van der Waals surface area (Å²) in [5.41, 5.74) is 0.795. The summed E-state index contributed by atoms with van der Waals surface area (Å²) < 4.78 is 0. The Morgan fingerprint density at radius 2 is 1.64 bits per heavy atom. The van der Waals surface area contributed by atoms with Gasteiger partial charge in [-0.2, -0.15) is 0 Å². The zero-order valence-electron chi connectivity index (χ0n) is 21.3. The van der Waals surface area contributed by atoms with Crippen LogP contribution in [0.4, 0.5) is 0 Å². The van der Waals surface area contributed by atoms with E-state index in [4.69, 9.17) is 0 Å². The maximum absolute atomic E-state index is 12.7. The molecule has 5 rings (SSSR count).